The van der Waals surface area contributed by atoms with Gasteiger partial charge in [0.25, 0.3) is 5.91 Å². The number of carboxylic acids is 1. The monoisotopic (exact) mass is 357 g/mol. The zero-order chi connectivity index (χ0) is 18.7. The number of nitrogens with one attached hydrogen (secondary N) is 1. The van der Waals surface area contributed by atoms with Gasteiger partial charge in [0, 0.05) is 18.0 Å². The Morgan fingerprint density at radius 2 is 1.88 bits per heavy atom. The number of rotatable bonds is 5. The molecule has 1 heterocycles. The van der Waals surface area contributed by atoms with Crippen molar-refractivity contribution in [1.82, 2.24) is 15.1 Å². The second-order valence-corrected chi connectivity index (χ2v) is 5.42. The molecule has 8 heteroatoms. The number of amides is 1. The van der Waals surface area contributed by atoms with E-state index in [0.717, 1.165) is 18.2 Å². The Morgan fingerprint density at radius 1 is 1.08 bits per heavy atom. The summed E-state index contributed by atoms with van der Waals surface area (Å²) < 4.78 is 28.0. The predicted octanol–water partition coefficient (Wildman–Crippen LogP) is 2.71. The first-order chi connectivity index (χ1) is 12.5. The number of carboxylic acid groups (broad SMARTS) is 1. The van der Waals surface area contributed by atoms with Crippen molar-refractivity contribution in [2.24, 2.45) is 0 Å². The Labute approximate surface area is 146 Å². The lowest BCUT2D eigenvalue weighted by molar-refractivity contribution is -0.139. The molecule has 0 aliphatic rings. The van der Waals surface area contributed by atoms with Crippen LogP contribution in [0.4, 0.5) is 8.78 Å². The number of nitrogens with zero attached hydrogens (tertiary/aromatic N) is 2. The molecule has 3 aromatic rings. The van der Waals surface area contributed by atoms with Crippen LogP contribution in [0.5, 0.6) is 0 Å². The summed E-state index contributed by atoms with van der Waals surface area (Å²) in [6.45, 7) is 0. The maximum atomic E-state index is 13.4. The van der Waals surface area contributed by atoms with E-state index in [1.165, 1.54) is 12.1 Å². The predicted molar refractivity (Wildman–Crippen MR) is 87.8 cm³/mol. The first-order valence-electron chi connectivity index (χ1n) is 7.54. The number of benzene rings is 2. The van der Waals surface area contributed by atoms with Gasteiger partial charge in [-0.05, 0) is 42.0 Å². The molecule has 1 unspecified atom stereocenters. The summed E-state index contributed by atoms with van der Waals surface area (Å²) >= 11 is 0. The van der Waals surface area contributed by atoms with Crippen LogP contribution in [0.2, 0.25) is 0 Å². The third kappa shape index (κ3) is 3.59. The van der Waals surface area contributed by atoms with Crippen molar-refractivity contribution in [3.05, 3.63) is 83.7 Å². The Kier molecular flexibility index (Phi) is 4.74. The highest BCUT2D eigenvalue weighted by molar-refractivity contribution is 5.97. The number of carbonyl (C=O) groups is 2. The van der Waals surface area contributed by atoms with Crippen LogP contribution < -0.4 is 5.32 Å². The molecule has 0 saturated heterocycles. The molecule has 1 aromatic heterocycles. The van der Waals surface area contributed by atoms with Gasteiger partial charge >= 0.3 is 5.97 Å². The lowest BCUT2D eigenvalue weighted by Gasteiger charge is -2.15. The molecule has 3 rings (SSSR count). The summed E-state index contributed by atoms with van der Waals surface area (Å²) in [5.74, 6) is -4.36. The lowest BCUT2D eigenvalue weighted by atomic mass is 10.1. The smallest absolute Gasteiger partial charge is 0.330 e. The fourth-order valence-corrected chi connectivity index (χ4v) is 2.41. The quantitative estimate of drug-likeness (QED) is 0.735. The van der Waals surface area contributed by atoms with Gasteiger partial charge in [-0.1, -0.05) is 12.1 Å². The van der Waals surface area contributed by atoms with Crippen LogP contribution in [-0.2, 0) is 4.79 Å². The molecule has 132 valence electrons. The maximum absolute atomic E-state index is 13.4. The number of aliphatic carboxylic acids is 1. The Hall–Kier alpha value is -3.55. The summed E-state index contributed by atoms with van der Waals surface area (Å²) in [6.07, 6.45) is 3.27. The van der Waals surface area contributed by atoms with E-state index in [1.54, 1.807) is 35.3 Å². The summed E-state index contributed by atoms with van der Waals surface area (Å²) in [5.41, 5.74) is 0.738. The number of hydrogen-bond acceptors (Lipinski definition) is 3. The van der Waals surface area contributed by atoms with Crippen LogP contribution in [0.15, 0.2) is 60.9 Å². The van der Waals surface area contributed by atoms with Crippen LogP contribution in [0.1, 0.15) is 22.0 Å². The van der Waals surface area contributed by atoms with E-state index < -0.39 is 29.6 Å². The summed E-state index contributed by atoms with van der Waals surface area (Å²) in [5, 5.41) is 15.7. The maximum Gasteiger partial charge on any atom is 0.330 e. The zero-order valence-corrected chi connectivity index (χ0v) is 13.3. The van der Waals surface area contributed by atoms with Gasteiger partial charge in [-0.25, -0.2) is 18.3 Å². The van der Waals surface area contributed by atoms with Crippen molar-refractivity contribution in [2.45, 2.75) is 6.04 Å². The van der Waals surface area contributed by atoms with Gasteiger partial charge in [0.2, 0.25) is 0 Å². The van der Waals surface area contributed by atoms with E-state index in [1.807, 2.05) is 0 Å². The van der Waals surface area contributed by atoms with E-state index in [-0.39, 0.29) is 11.1 Å². The van der Waals surface area contributed by atoms with Gasteiger partial charge in [-0.3, -0.25) is 4.79 Å². The highest BCUT2D eigenvalue weighted by Gasteiger charge is 2.24. The second-order valence-electron chi connectivity index (χ2n) is 5.42. The van der Waals surface area contributed by atoms with E-state index in [2.05, 4.69) is 10.4 Å². The molecule has 1 atom stereocenters. The van der Waals surface area contributed by atoms with E-state index in [9.17, 15) is 23.5 Å². The Balaban J connectivity index is 1.86. The summed E-state index contributed by atoms with van der Waals surface area (Å²) in [4.78, 5) is 23.9. The molecular weight excluding hydrogens is 344 g/mol. The van der Waals surface area contributed by atoms with Crippen molar-refractivity contribution >= 4 is 11.9 Å². The lowest BCUT2D eigenvalue weighted by Crippen LogP contribution is -2.33. The average molecular weight is 357 g/mol. The van der Waals surface area contributed by atoms with Gasteiger partial charge in [0.15, 0.2) is 17.7 Å². The molecule has 0 spiro atoms. The minimum atomic E-state index is -1.52. The van der Waals surface area contributed by atoms with Gasteiger partial charge in [-0.2, -0.15) is 5.10 Å². The molecule has 2 aromatic carbocycles. The van der Waals surface area contributed by atoms with Crippen molar-refractivity contribution in [2.75, 3.05) is 0 Å². The minimum absolute atomic E-state index is 0.0759. The standard InChI is InChI=1S/C18H13F2N3O3/c19-14-6-5-11(10-15(14)20)16(18(25)26)22-17(24)12-3-1-4-13(9-12)23-8-2-7-21-23/h1-10,16H,(H,22,24)(H,25,26). The molecule has 26 heavy (non-hydrogen) atoms. The summed E-state index contributed by atoms with van der Waals surface area (Å²) in [6, 6.07) is 9.26. The third-order valence-corrected chi connectivity index (χ3v) is 3.68. The molecule has 6 nitrogen and oxygen atoms in total. The SMILES string of the molecule is O=C(NC(C(=O)O)c1ccc(F)c(F)c1)c1cccc(-n2cccn2)c1. The van der Waals surface area contributed by atoms with Crippen molar-refractivity contribution in [3.63, 3.8) is 0 Å². The van der Waals surface area contributed by atoms with Crippen LogP contribution in [0.3, 0.4) is 0 Å². The normalized spacial score (nSPS) is 11.8. The van der Waals surface area contributed by atoms with Gasteiger partial charge in [-0.15, -0.1) is 0 Å². The molecule has 0 aliphatic heterocycles. The van der Waals surface area contributed by atoms with Crippen LogP contribution in [0.25, 0.3) is 5.69 Å². The van der Waals surface area contributed by atoms with Crippen molar-refractivity contribution in [1.29, 1.82) is 0 Å². The zero-order valence-electron chi connectivity index (χ0n) is 13.3. The Bertz CT molecular complexity index is 958. The largest absolute Gasteiger partial charge is 0.479 e. The molecular formula is C18H13F2N3O3. The average Bonchev–Trinajstić information content (AvgIpc) is 3.16. The van der Waals surface area contributed by atoms with Gasteiger partial charge in [0.05, 0.1) is 5.69 Å². The first-order valence-corrected chi connectivity index (χ1v) is 7.54. The number of aromatic nitrogens is 2. The van der Waals surface area contributed by atoms with Crippen LogP contribution in [-0.4, -0.2) is 26.8 Å². The van der Waals surface area contributed by atoms with Gasteiger partial charge in [0.1, 0.15) is 0 Å². The molecule has 1 amide bonds. The van der Waals surface area contributed by atoms with Crippen molar-refractivity contribution < 1.29 is 23.5 Å². The number of hydrogen-bond donors (Lipinski definition) is 2. The fourth-order valence-electron chi connectivity index (χ4n) is 2.41. The van der Waals surface area contributed by atoms with E-state index in [0.29, 0.717) is 5.69 Å². The minimum Gasteiger partial charge on any atom is -0.479 e. The van der Waals surface area contributed by atoms with E-state index in [4.69, 9.17) is 0 Å². The number of halogens is 2. The fraction of sp³-hybridized carbons (Fsp3) is 0.0556. The first kappa shape index (κ1) is 17.3. The highest BCUT2D eigenvalue weighted by atomic mass is 19.2. The topological polar surface area (TPSA) is 84.2 Å². The second kappa shape index (κ2) is 7.14. The molecule has 0 radical (unpaired) electrons. The molecule has 2 N–H and O–H groups in total. The third-order valence-electron chi connectivity index (χ3n) is 3.68. The molecule has 0 saturated carbocycles. The Morgan fingerprint density at radius 3 is 2.54 bits per heavy atom. The highest BCUT2D eigenvalue weighted by Crippen LogP contribution is 2.18. The van der Waals surface area contributed by atoms with Gasteiger partial charge < -0.3 is 10.4 Å². The molecule has 0 bridgehead atoms. The van der Waals surface area contributed by atoms with Crippen LogP contribution in [0, 0.1) is 11.6 Å². The summed E-state index contributed by atoms with van der Waals surface area (Å²) in [7, 11) is 0. The van der Waals surface area contributed by atoms with Crippen molar-refractivity contribution in [3.8, 4) is 5.69 Å². The molecule has 0 aliphatic carbocycles. The van der Waals surface area contributed by atoms with E-state index >= 15 is 0 Å². The number of carbonyl (C=O) groups excluding carboxylic acids is 1. The van der Waals surface area contributed by atoms with Crippen LogP contribution >= 0.6 is 0 Å². The molecule has 0 fully saturated rings.